The molecule has 12 heavy (non-hydrogen) atoms. The summed E-state index contributed by atoms with van der Waals surface area (Å²) in [7, 11) is 0. The van der Waals surface area contributed by atoms with Crippen molar-refractivity contribution in [3.05, 3.63) is 0 Å². The van der Waals surface area contributed by atoms with Crippen molar-refractivity contribution in [2.75, 3.05) is 6.54 Å². The number of hydrogen-bond donors (Lipinski definition) is 1. The van der Waals surface area contributed by atoms with E-state index >= 15 is 0 Å². The molecular weight excluding hydrogens is 146 g/mol. The molecule has 0 rings (SSSR count). The van der Waals surface area contributed by atoms with E-state index in [-0.39, 0.29) is 0 Å². The van der Waals surface area contributed by atoms with Gasteiger partial charge in [0.25, 0.3) is 0 Å². The van der Waals surface area contributed by atoms with Crippen LogP contribution in [0, 0.1) is 17.8 Å². The van der Waals surface area contributed by atoms with Crippen molar-refractivity contribution in [3.63, 3.8) is 0 Å². The van der Waals surface area contributed by atoms with Gasteiger partial charge in [-0.15, -0.1) is 0 Å². The van der Waals surface area contributed by atoms with Gasteiger partial charge in [-0.3, -0.25) is 0 Å². The minimum Gasteiger partial charge on any atom is -0.330 e. The predicted octanol–water partition coefficient (Wildman–Crippen LogP) is 3.04. The van der Waals surface area contributed by atoms with E-state index in [1.54, 1.807) is 0 Å². The van der Waals surface area contributed by atoms with Crippen LogP contribution >= 0.6 is 0 Å². The second-order valence-corrected chi connectivity index (χ2v) is 4.13. The predicted molar refractivity (Wildman–Crippen MR) is 56.1 cm³/mol. The Hall–Kier alpha value is -0.0400. The van der Waals surface area contributed by atoms with Crippen LogP contribution < -0.4 is 5.73 Å². The second kappa shape index (κ2) is 6.47. The van der Waals surface area contributed by atoms with Crippen LogP contribution in [0.15, 0.2) is 0 Å². The van der Waals surface area contributed by atoms with Crippen LogP contribution in [0.3, 0.4) is 0 Å². The molecule has 0 saturated heterocycles. The summed E-state index contributed by atoms with van der Waals surface area (Å²) >= 11 is 0. The van der Waals surface area contributed by atoms with E-state index in [0.29, 0.717) is 0 Å². The molecule has 0 aliphatic carbocycles. The quantitative estimate of drug-likeness (QED) is 0.653. The largest absolute Gasteiger partial charge is 0.330 e. The average Bonchev–Trinajstić information content (AvgIpc) is 2.12. The van der Waals surface area contributed by atoms with Gasteiger partial charge in [0.15, 0.2) is 0 Å². The lowest BCUT2D eigenvalue weighted by atomic mass is 9.84. The molecule has 0 aromatic carbocycles. The summed E-state index contributed by atoms with van der Waals surface area (Å²) in [4.78, 5) is 0. The van der Waals surface area contributed by atoms with Crippen LogP contribution in [0.1, 0.15) is 47.0 Å². The Balaban J connectivity index is 3.81. The van der Waals surface area contributed by atoms with Gasteiger partial charge < -0.3 is 5.73 Å². The van der Waals surface area contributed by atoms with Crippen molar-refractivity contribution < 1.29 is 0 Å². The van der Waals surface area contributed by atoms with E-state index in [1.807, 2.05) is 0 Å². The first-order valence-corrected chi connectivity index (χ1v) is 5.35. The van der Waals surface area contributed by atoms with Crippen molar-refractivity contribution in [1.29, 1.82) is 0 Å². The van der Waals surface area contributed by atoms with Gasteiger partial charge in [-0.2, -0.15) is 0 Å². The first-order chi connectivity index (χ1) is 5.65. The summed E-state index contributed by atoms with van der Waals surface area (Å²) in [6.07, 6.45) is 3.85. The van der Waals surface area contributed by atoms with Crippen LogP contribution in [0.25, 0.3) is 0 Å². The third-order valence-corrected chi connectivity index (χ3v) is 3.15. The maximum atomic E-state index is 5.75. The van der Waals surface area contributed by atoms with Crippen LogP contribution in [-0.4, -0.2) is 6.54 Å². The summed E-state index contributed by atoms with van der Waals surface area (Å²) in [5.41, 5.74) is 5.75. The standard InChI is InChI=1S/C11H25N/c1-5-9(3)7-11(8-12)10(4)6-2/h9-11H,5-8,12H2,1-4H3. The fourth-order valence-corrected chi connectivity index (χ4v) is 1.58. The third kappa shape index (κ3) is 4.10. The Labute approximate surface area is 77.7 Å². The fraction of sp³-hybridized carbons (Fsp3) is 1.00. The smallest absolute Gasteiger partial charge is 0.00462 e. The summed E-state index contributed by atoms with van der Waals surface area (Å²) < 4.78 is 0. The van der Waals surface area contributed by atoms with E-state index in [4.69, 9.17) is 5.73 Å². The van der Waals surface area contributed by atoms with Crippen molar-refractivity contribution >= 4 is 0 Å². The first-order valence-electron chi connectivity index (χ1n) is 5.35. The maximum Gasteiger partial charge on any atom is -0.00462 e. The van der Waals surface area contributed by atoms with Gasteiger partial charge in [0.2, 0.25) is 0 Å². The van der Waals surface area contributed by atoms with E-state index < -0.39 is 0 Å². The summed E-state index contributed by atoms with van der Waals surface area (Å²) in [6.45, 7) is 10.0. The van der Waals surface area contributed by atoms with Gasteiger partial charge in [0, 0.05) is 0 Å². The van der Waals surface area contributed by atoms with Gasteiger partial charge >= 0.3 is 0 Å². The van der Waals surface area contributed by atoms with Gasteiger partial charge in [-0.25, -0.2) is 0 Å². The molecule has 74 valence electrons. The molecule has 0 radical (unpaired) electrons. The molecule has 0 amide bonds. The Morgan fingerprint density at radius 2 is 1.67 bits per heavy atom. The minimum atomic E-state index is 0.741. The number of hydrogen-bond acceptors (Lipinski definition) is 1. The molecule has 0 aliphatic heterocycles. The Bertz CT molecular complexity index is 101. The highest BCUT2D eigenvalue weighted by molar-refractivity contribution is 4.68. The summed E-state index contributed by atoms with van der Waals surface area (Å²) in [6, 6.07) is 0. The minimum absolute atomic E-state index is 0.741. The highest BCUT2D eigenvalue weighted by atomic mass is 14.6. The van der Waals surface area contributed by atoms with Crippen LogP contribution in [-0.2, 0) is 0 Å². The monoisotopic (exact) mass is 171 g/mol. The molecule has 0 aromatic heterocycles. The molecule has 0 saturated carbocycles. The molecule has 1 heteroatoms. The van der Waals surface area contributed by atoms with Gasteiger partial charge in [-0.05, 0) is 30.7 Å². The lowest BCUT2D eigenvalue weighted by Gasteiger charge is -2.23. The molecule has 0 fully saturated rings. The Morgan fingerprint density at radius 1 is 1.08 bits per heavy atom. The number of rotatable bonds is 6. The highest BCUT2D eigenvalue weighted by Crippen LogP contribution is 2.23. The zero-order valence-electron chi connectivity index (χ0n) is 9.14. The van der Waals surface area contributed by atoms with Crippen LogP contribution in [0.2, 0.25) is 0 Å². The van der Waals surface area contributed by atoms with Crippen molar-refractivity contribution in [2.24, 2.45) is 23.5 Å². The lowest BCUT2D eigenvalue weighted by molar-refractivity contribution is 0.287. The molecule has 0 spiro atoms. The molecule has 3 atom stereocenters. The molecule has 1 nitrogen and oxygen atoms in total. The third-order valence-electron chi connectivity index (χ3n) is 3.15. The highest BCUT2D eigenvalue weighted by Gasteiger charge is 2.16. The second-order valence-electron chi connectivity index (χ2n) is 4.13. The molecule has 0 aliphatic rings. The first kappa shape index (κ1) is 12.0. The normalized spacial score (nSPS) is 18.8. The van der Waals surface area contributed by atoms with Gasteiger partial charge in [0.05, 0.1) is 0 Å². The maximum absolute atomic E-state index is 5.75. The Morgan fingerprint density at radius 3 is 2.00 bits per heavy atom. The van der Waals surface area contributed by atoms with Crippen molar-refractivity contribution in [3.8, 4) is 0 Å². The fourth-order valence-electron chi connectivity index (χ4n) is 1.58. The Kier molecular flexibility index (Phi) is 6.45. The molecule has 2 N–H and O–H groups in total. The summed E-state index contributed by atoms with van der Waals surface area (Å²) in [5.74, 6) is 2.38. The van der Waals surface area contributed by atoms with Crippen molar-refractivity contribution in [1.82, 2.24) is 0 Å². The van der Waals surface area contributed by atoms with Crippen molar-refractivity contribution in [2.45, 2.75) is 47.0 Å². The van der Waals surface area contributed by atoms with E-state index in [9.17, 15) is 0 Å². The topological polar surface area (TPSA) is 26.0 Å². The molecular formula is C11H25N. The van der Waals surface area contributed by atoms with Gasteiger partial charge in [-0.1, -0.05) is 40.5 Å². The molecule has 3 unspecified atom stereocenters. The SMILES string of the molecule is CCC(C)CC(CN)C(C)CC. The van der Waals surface area contributed by atoms with Gasteiger partial charge in [0.1, 0.15) is 0 Å². The summed E-state index contributed by atoms with van der Waals surface area (Å²) in [5, 5.41) is 0. The van der Waals surface area contributed by atoms with Crippen LogP contribution in [0.4, 0.5) is 0 Å². The van der Waals surface area contributed by atoms with Crippen LogP contribution in [0.5, 0.6) is 0 Å². The molecule has 0 aromatic rings. The zero-order chi connectivity index (χ0) is 9.56. The number of nitrogens with two attached hydrogens (primary N) is 1. The molecule has 0 heterocycles. The lowest BCUT2D eigenvalue weighted by Crippen LogP contribution is -2.23. The van der Waals surface area contributed by atoms with E-state index in [1.165, 1.54) is 19.3 Å². The van der Waals surface area contributed by atoms with E-state index in [2.05, 4.69) is 27.7 Å². The van der Waals surface area contributed by atoms with E-state index in [0.717, 1.165) is 24.3 Å². The average molecular weight is 171 g/mol. The zero-order valence-corrected chi connectivity index (χ0v) is 9.14. The molecule has 0 bridgehead atoms.